The molecule has 6 nitrogen and oxygen atoms in total. The molecule has 1 aliphatic rings. The fourth-order valence-corrected chi connectivity index (χ4v) is 1.60. The second kappa shape index (κ2) is 3.82. The van der Waals surface area contributed by atoms with Gasteiger partial charge in [0.1, 0.15) is 11.8 Å². The Morgan fingerprint density at radius 2 is 2.31 bits per heavy atom. The van der Waals surface area contributed by atoms with Crippen molar-refractivity contribution in [3.63, 3.8) is 0 Å². The fourth-order valence-electron chi connectivity index (χ4n) is 1.60. The van der Waals surface area contributed by atoms with Gasteiger partial charge in [0.05, 0.1) is 5.69 Å². The Balaban J connectivity index is 2.68. The van der Waals surface area contributed by atoms with E-state index in [-0.39, 0.29) is 17.1 Å². The van der Waals surface area contributed by atoms with Crippen molar-refractivity contribution in [2.24, 2.45) is 5.18 Å². The van der Waals surface area contributed by atoms with Gasteiger partial charge in [-0.1, -0.05) is 12.2 Å². The van der Waals surface area contributed by atoms with Gasteiger partial charge in [-0.2, -0.15) is 0 Å². The first-order valence-corrected chi connectivity index (χ1v) is 4.59. The molecule has 2 N–H and O–H groups in total. The van der Waals surface area contributed by atoms with Crippen molar-refractivity contribution in [3.8, 4) is 0 Å². The summed E-state index contributed by atoms with van der Waals surface area (Å²) in [7, 11) is 0. The summed E-state index contributed by atoms with van der Waals surface area (Å²) in [5, 5.41) is 21.2. The molecule has 1 aliphatic carbocycles. The smallest absolute Gasteiger partial charge is 0.354 e. The number of hydrogen-bond acceptors (Lipinski definition) is 5. The summed E-state index contributed by atoms with van der Waals surface area (Å²) in [6.07, 6.45) is 2.75. The molecule has 1 atom stereocenters. The molecule has 0 aromatic carbocycles. The summed E-state index contributed by atoms with van der Waals surface area (Å²) in [5.41, 5.74) is 0.274. The van der Waals surface area contributed by atoms with Crippen LogP contribution in [0.4, 0.5) is 5.69 Å². The van der Waals surface area contributed by atoms with E-state index in [0.29, 0.717) is 12.0 Å². The lowest BCUT2D eigenvalue weighted by Gasteiger charge is -2.16. The molecule has 0 saturated heterocycles. The van der Waals surface area contributed by atoms with Crippen molar-refractivity contribution < 1.29 is 15.0 Å². The zero-order chi connectivity index (χ0) is 11.7. The van der Waals surface area contributed by atoms with Crippen molar-refractivity contribution in [1.82, 2.24) is 4.98 Å². The number of hydrogen-bond donors (Lipinski definition) is 2. The molecule has 0 bridgehead atoms. The van der Waals surface area contributed by atoms with Gasteiger partial charge in [0, 0.05) is 11.6 Å². The minimum Gasteiger partial charge on any atom is -0.477 e. The van der Waals surface area contributed by atoms with Crippen LogP contribution in [0.2, 0.25) is 0 Å². The van der Waals surface area contributed by atoms with Crippen molar-refractivity contribution >= 4 is 17.7 Å². The number of nitrogens with zero attached hydrogens (tertiary/aromatic N) is 2. The van der Waals surface area contributed by atoms with Crippen molar-refractivity contribution in [2.45, 2.75) is 12.5 Å². The molecule has 0 spiro atoms. The van der Waals surface area contributed by atoms with Crippen LogP contribution in [0, 0.1) is 4.91 Å². The maximum atomic E-state index is 10.8. The Labute approximate surface area is 90.2 Å². The number of fused-ring (bicyclic) bond motifs is 1. The first-order chi connectivity index (χ1) is 7.63. The number of aromatic carboxylic acids is 1. The second-order valence-electron chi connectivity index (χ2n) is 3.38. The molecule has 82 valence electrons. The molecule has 0 amide bonds. The number of aliphatic hydroxyl groups excluding tert-OH is 1. The predicted molar refractivity (Wildman–Crippen MR) is 55.3 cm³/mol. The standard InChI is InChI=1S/C10H8N2O4/c13-8-3-1-2-5-6(12-16)4-7(10(14)15)11-9(5)8/h1-2,4,8,13H,3H2,(H,14,15). The third-order valence-corrected chi connectivity index (χ3v) is 2.34. The van der Waals surface area contributed by atoms with E-state index in [1.807, 2.05) is 0 Å². The first kappa shape index (κ1) is 10.4. The van der Waals surface area contributed by atoms with Gasteiger partial charge in [-0.05, 0) is 11.6 Å². The van der Waals surface area contributed by atoms with E-state index in [1.54, 1.807) is 12.2 Å². The summed E-state index contributed by atoms with van der Waals surface area (Å²) in [6.45, 7) is 0. The molecule has 1 unspecified atom stereocenters. The predicted octanol–water partition coefficient (Wildman–Crippen LogP) is 1.63. The third kappa shape index (κ3) is 1.59. The van der Waals surface area contributed by atoms with E-state index < -0.39 is 12.1 Å². The zero-order valence-electron chi connectivity index (χ0n) is 8.12. The Hall–Kier alpha value is -2.08. The van der Waals surface area contributed by atoms with Gasteiger partial charge in [-0.25, -0.2) is 9.78 Å². The van der Waals surface area contributed by atoms with Gasteiger partial charge >= 0.3 is 5.97 Å². The number of carbonyl (C=O) groups is 1. The number of pyridine rings is 1. The highest BCUT2D eigenvalue weighted by Crippen LogP contribution is 2.33. The minimum absolute atomic E-state index is 0.0163. The van der Waals surface area contributed by atoms with Gasteiger partial charge in [0.2, 0.25) is 0 Å². The molecule has 1 heterocycles. The maximum Gasteiger partial charge on any atom is 0.354 e. The average molecular weight is 220 g/mol. The molecule has 2 rings (SSSR count). The van der Waals surface area contributed by atoms with E-state index in [1.165, 1.54) is 0 Å². The van der Waals surface area contributed by atoms with Crippen molar-refractivity contribution in [3.05, 3.63) is 34.0 Å². The topological polar surface area (TPSA) is 99.9 Å². The highest BCUT2D eigenvalue weighted by atomic mass is 16.4. The molecule has 0 fully saturated rings. The van der Waals surface area contributed by atoms with Crippen molar-refractivity contribution in [2.75, 3.05) is 0 Å². The number of aliphatic hydroxyl groups is 1. The van der Waals surface area contributed by atoms with E-state index in [0.717, 1.165) is 6.07 Å². The van der Waals surface area contributed by atoms with E-state index in [2.05, 4.69) is 10.2 Å². The Bertz CT molecular complexity index is 496. The summed E-state index contributed by atoms with van der Waals surface area (Å²) >= 11 is 0. The molecule has 0 aliphatic heterocycles. The van der Waals surface area contributed by atoms with Crippen LogP contribution in [0.1, 0.15) is 34.3 Å². The van der Waals surface area contributed by atoms with Crippen LogP contribution >= 0.6 is 0 Å². The molecule has 1 aromatic rings. The molecule has 16 heavy (non-hydrogen) atoms. The highest BCUT2D eigenvalue weighted by Gasteiger charge is 2.22. The van der Waals surface area contributed by atoms with Gasteiger partial charge in [-0.3, -0.25) is 0 Å². The molecule has 0 saturated carbocycles. The van der Waals surface area contributed by atoms with E-state index in [4.69, 9.17) is 5.11 Å². The van der Waals surface area contributed by atoms with Crippen LogP contribution in [0.3, 0.4) is 0 Å². The monoisotopic (exact) mass is 220 g/mol. The molecule has 1 aromatic heterocycles. The number of aromatic nitrogens is 1. The summed E-state index contributed by atoms with van der Waals surface area (Å²) < 4.78 is 0. The number of nitroso groups, excluding NO2 is 1. The zero-order valence-corrected chi connectivity index (χ0v) is 8.12. The van der Waals surface area contributed by atoms with Gasteiger partial charge < -0.3 is 10.2 Å². The maximum absolute atomic E-state index is 10.8. The lowest BCUT2D eigenvalue weighted by atomic mass is 9.98. The van der Waals surface area contributed by atoms with Crippen LogP contribution in [-0.2, 0) is 0 Å². The largest absolute Gasteiger partial charge is 0.477 e. The van der Waals surface area contributed by atoms with Gasteiger partial charge in [0.25, 0.3) is 0 Å². The first-order valence-electron chi connectivity index (χ1n) is 4.59. The highest BCUT2D eigenvalue weighted by molar-refractivity contribution is 5.87. The van der Waals surface area contributed by atoms with Crippen LogP contribution in [0.5, 0.6) is 0 Å². The molecular weight excluding hydrogens is 212 g/mol. The third-order valence-electron chi connectivity index (χ3n) is 2.34. The van der Waals surface area contributed by atoms with Crippen LogP contribution in [0.25, 0.3) is 6.08 Å². The second-order valence-corrected chi connectivity index (χ2v) is 3.38. The normalized spacial score (nSPS) is 17.9. The number of rotatable bonds is 2. The summed E-state index contributed by atoms with van der Waals surface area (Å²) in [4.78, 5) is 25.1. The van der Waals surface area contributed by atoms with Crippen molar-refractivity contribution in [1.29, 1.82) is 0 Å². The number of carboxylic acids is 1. The fraction of sp³-hybridized carbons (Fsp3) is 0.200. The van der Waals surface area contributed by atoms with E-state index >= 15 is 0 Å². The van der Waals surface area contributed by atoms with E-state index in [9.17, 15) is 14.8 Å². The summed E-state index contributed by atoms with van der Waals surface area (Å²) in [5.74, 6) is -1.26. The van der Waals surface area contributed by atoms with Gasteiger partial charge in [-0.15, -0.1) is 4.91 Å². The molecule has 0 radical (unpaired) electrons. The Kier molecular flexibility index (Phi) is 2.49. The molecule has 6 heteroatoms. The van der Waals surface area contributed by atoms with Gasteiger partial charge in [0.15, 0.2) is 5.69 Å². The summed E-state index contributed by atoms with van der Waals surface area (Å²) in [6, 6.07) is 1.09. The number of carboxylic acid groups (broad SMARTS) is 1. The lowest BCUT2D eigenvalue weighted by molar-refractivity contribution is 0.0689. The average Bonchev–Trinajstić information content (AvgIpc) is 2.28. The van der Waals surface area contributed by atoms with Crippen LogP contribution in [-0.4, -0.2) is 21.2 Å². The Morgan fingerprint density at radius 1 is 1.56 bits per heavy atom. The van der Waals surface area contributed by atoms with Crippen LogP contribution in [0.15, 0.2) is 17.3 Å². The molecular formula is C10H8N2O4. The lowest BCUT2D eigenvalue weighted by Crippen LogP contribution is -2.10. The minimum atomic E-state index is -1.26. The van der Waals surface area contributed by atoms with Crippen LogP contribution < -0.4 is 0 Å². The SMILES string of the molecule is O=Nc1cc(C(=O)O)nc2c1C=CCC2O. The Morgan fingerprint density at radius 3 is 2.94 bits per heavy atom. The quantitative estimate of drug-likeness (QED) is 0.737.